The van der Waals surface area contributed by atoms with Crippen LogP contribution in [0.1, 0.15) is 31.9 Å². The second-order valence-electron chi connectivity index (χ2n) is 4.58. The Morgan fingerprint density at radius 3 is 3.05 bits per heavy atom. The number of aromatic nitrogens is 2. The first-order valence-corrected chi connectivity index (χ1v) is 7.41. The molecule has 20 heavy (non-hydrogen) atoms. The van der Waals surface area contributed by atoms with Crippen molar-refractivity contribution < 1.29 is 14.7 Å². The first-order valence-electron chi connectivity index (χ1n) is 6.53. The first kappa shape index (κ1) is 14.5. The van der Waals surface area contributed by atoms with Crippen molar-refractivity contribution in [3.8, 4) is 0 Å². The summed E-state index contributed by atoms with van der Waals surface area (Å²) in [6.45, 7) is 1.99. The monoisotopic (exact) mass is 295 g/mol. The number of carboxylic acid groups (broad SMARTS) is 1. The lowest BCUT2D eigenvalue weighted by molar-refractivity contribution is -0.142. The molecule has 1 unspecified atom stereocenters. The molecule has 0 saturated carbocycles. The predicted octanol–water partition coefficient (Wildman–Crippen LogP) is 1.70. The van der Waals surface area contributed by atoms with Crippen LogP contribution < -0.4 is 5.32 Å². The molecule has 0 aliphatic rings. The molecule has 0 aliphatic heterocycles. The highest BCUT2D eigenvalue weighted by Crippen LogP contribution is 2.15. The Hall–Kier alpha value is -1.89. The van der Waals surface area contributed by atoms with Crippen molar-refractivity contribution in [2.45, 2.75) is 38.6 Å². The number of amides is 1. The summed E-state index contributed by atoms with van der Waals surface area (Å²) >= 11 is 1.46. The summed E-state index contributed by atoms with van der Waals surface area (Å²) in [5.74, 6) is -1.26. The number of thiazole rings is 1. The van der Waals surface area contributed by atoms with E-state index in [0.717, 1.165) is 23.5 Å². The van der Waals surface area contributed by atoms with Gasteiger partial charge in [-0.25, -0.2) is 9.78 Å². The maximum Gasteiger partial charge on any atom is 0.326 e. The normalized spacial score (nSPS) is 12.4. The summed E-state index contributed by atoms with van der Waals surface area (Å²) in [5.41, 5.74) is 0.819. The van der Waals surface area contributed by atoms with E-state index in [1.165, 1.54) is 11.3 Å². The molecule has 2 heterocycles. The molecule has 0 saturated heterocycles. The van der Waals surface area contributed by atoms with Crippen LogP contribution in [0.2, 0.25) is 0 Å². The van der Waals surface area contributed by atoms with Crippen molar-refractivity contribution in [3.63, 3.8) is 0 Å². The number of imidazole rings is 1. The Morgan fingerprint density at radius 1 is 1.55 bits per heavy atom. The second kappa shape index (κ2) is 6.51. The van der Waals surface area contributed by atoms with Crippen molar-refractivity contribution in [1.29, 1.82) is 0 Å². The number of aliphatic carboxylic acids is 1. The zero-order chi connectivity index (χ0) is 14.5. The fourth-order valence-corrected chi connectivity index (χ4v) is 2.83. The molecule has 0 aliphatic carbocycles. The van der Waals surface area contributed by atoms with E-state index in [0.29, 0.717) is 6.42 Å². The molecular weight excluding hydrogens is 278 g/mol. The van der Waals surface area contributed by atoms with Gasteiger partial charge in [-0.1, -0.05) is 19.8 Å². The number of nitrogens with one attached hydrogen (secondary N) is 1. The maximum absolute atomic E-state index is 12.0. The molecule has 1 amide bonds. The van der Waals surface area contributed by atoms with Crippen molar-refractivity contribution in [3.05, 3.63) is 23.5 Å². The average molecular weight is 295 g/mol. The van der Waals surface area contributed by atoms with Gasteiger partial charge in [-0.3, -0.25) is 9.20 Å². The van der Waals surface area contributed by atoms with Crippen LogP contribution in [0.15, 0.2) is 17.8 Å². The molecule has 6 nitrogen and oxygen atoms in total. The molecule has 2 N–H and O–H groups in total. The van der Waals surface area contributed by atoms with E-state index in [1.807, 2.05) is 16.7 Å². The quantitative estimate of drug-likeness (QED) is 0.814. The Kier molecular flexibility index (Phi) is 4.73. The fraction of sp³-hybridized carbons (Fsp3) is 0.462. The highest BCUT2D eigenvalue weighted by Gasteiger charge is 2.20. The van der Waals surface area contributed by atoms with Gasteiger partial charge in [0, 0.05) is 23.5 Å². The van der Waals surface area contributed by atoms with Gasteiger partial charge in [0.05, 0.1) is 6.42 Å². The van der Waals surface area contributed by atoms with E-state index < -0.39 is 12.0 Å². The summed E-state index contributed by atoms with van der Waals surface area (Å²) in [4.78, 5) is 28.0. The van der Waals surface area contributed by atoms with Gasteiger partial charge in [-0.15, -0.1) is 11.3 Å². The third kappa shape index (κ3) is 3.36. The molecule has 2 aromatic rings. The minimum absolute atomic E-state index is 0.159. The number of hydrogen-bond donors (Lipinski definition) is 2. The molecule has 2 aromatic heterocycles. The van der Waals surface area contributed by atoms with Crippen LogP contribution in [-0.4, -0.2) is 32.4 Å². The zero-order valence-corrected chi connectivity index (χ0v) is 12.0. The Balaban J connectivity index is 1.97. The summed E-state index contributed by atoms with van der Waals surface area (Å²) < 4.78 is 1.84. The van der Waals surface area contributed by atoms with E-state index in [4.69, 9.17) is 5.11 Å². The van der Waals surface area contributed by atoms with E-state index in [9.17, 15) is 9.59 Å². The Bertz CT molecular complexity index is 605. The molecule has 108 valence electrons. The number of carbonyl (C=O) groups excluding carboxylic acids is 1. The Labute approximate surface area is 120 Å². The average Bonchev–Trinajstić information content (AvgIpc) is 2.99. The van der Waals surface area contributed by atoms with Crippen molar-refractivity contribution in [2.24, 2.45) is 0 Å². The van der Waals surface area contributed by atoms with Crippen LogP contribution in [-0.2, 0) is 16.0 Å². The highest BCUT2D eigenvalue weighted by molar-refractivity contribution is 7.15. The number of hydrogen-bond acceptors (Lipinski definition) is 4. The van der Waals surface area contributed by atoms with E-state index in [2.05, 4.69) is 10.3 Å². The highest BCUT2D eigenvalue weighted by atomic mass is 32.1. The molecule has 0 radical (unpaired) electrons. The lowest BCUT2D eigenvalue weighted by Crippen LogP contribution is -2.41. The first-order chi connectivity index (χ1) is 9.61. The molecular formula is C13H17N3O3S. The smallest absolute Gasteiger partial charge is 0.326 e. The molecule has 0 bridgehead atoms. The standard InChI is InChI=1S/C13H17N3O3S/c1-2-3-4-10(12(18)19)15-11(17)7-9-8-20-13-14-5-6-16(9)13/h5-6,8,10H,2-4,7H2,1H3,(H,15,17)(H,18,19). The van der Waals surface area contributed by atoms with Crippen LogP contribution in [0.4, 0.5) is 0 Å². The van der Waals surface area contributed by atoms with Gasteiger partial charge >= 0.3 is 5.97 Å². The van der Waals surface area contributed by atoms with E-state index in [1.54, 1.807) is 12.4 Å². The summed E-state index contributed by atoms with van der Waals surface area (Å²) in [6, 6.07) is -0.806. The van der Waals surface area contributed by atoms with Gasteiger partial charge in [0.25, 0.3) is 0 Å². The van der Waals surface area contributed by atoms with E-state index in [-0.39, 0.29) is 12.3 Å². The van der Waals surface area contributed by atoms with Gasteiger partial charge in [0.15, 0.2) is 4.96 Å². The molecule has 2 rings (SSSR count). The van der Waals surface area contributed by atoms with Gasteiger partial charge < -0.3 is 10.4 Å². The Morgan fingerprint density at radius 2 is 2.35 bits per heavy atom. The van der Waals surface area contributed by atoms with Crippen LogP contribution in [0, 0.1) is 0 Å². The second-order valence-corrected chi connectivity index (χ2v) is 5.42. The largest absolute Gasteiger partial charge is 0.480 e. The van der Waals surface area contributed by atoms with Gasteiger partial charge in [0.2, 0.25) is 5.91 Å². The minimum atomic E-state index is -0.982. The number of carbonyl (C=O) groups is 2. The van der Waals surface area contributed by atoms with Crippen LogP contribution in [0.25, 0.3) is 4.96 Å². The zero-order valence-electron chi connectivity index (χ0n) is 11.2. The third-order valence-electron chi connectivity index (χ3n) is 3.04. The molecule has 0 aromatic carbocycles. The summed E-state index contributed by atoms with van der Waals surface area (Å²) in [7, 11) is 0. The number of fused-ring (bicyclic) bond motifs is 1. The number of nitrogens with zero attached hydrogens (tertiary/aromatic N) is 2. The lowest BCUT2D eigenvalue weighted by atomic mass is 10.1. The van der Waals surface area contributed by atoms with Gasteiger partial charge in [-0.2, -0.15) is 0 Å². The van der Waals surface area contributed by atoms with E-state index >= 15 is 0 Å². The van der Waals surface area contributed by atoms with Gasteiger partial charge in [-0.05, 0) is 6.42 Å². The van der Waals surface area contributed by atoms with Crippen molar-refractivity contribution in [2.75, 3.05) is 0 Å². The fourth-order valence-electron chi connectivity index (χ4n) is 1.98. The minimum Gasteiger partial charge on any atom is -0.480 e. The third-order valence-corrected chi connectivity index (χ3v) is 3.94. The van der Waals surface area contributed by atoms with Crippen LogP contribution >= 0.6 is 11.3 Å². The van der Waals surface area contributed by atoms with Crippen LogP contribution in [0.3, 0.4) is 0 Å². The number of carboxylic acids is 1. The van der Waals surface area contributed by atoms with Gasteiger partial charge in [0.1, 0.15) is 6.04 Å². The molecule has 0 fully saturated rings. The topological polar surface area (TPSA) is 83.7 Å². The summed E-state index contributed by atoms with van der Waals surface area (Å²) in [5, 5.41) is 13.5. The van der Waals surface area contributed by atoms with Crippen molar-refractivity contribution >= 4 is 28.2 Å². The number of rotatable bonds is 7. The van der Waals surface area contributed by atoms with Crippen molar-refractivity contribution in [1.82, 2.24) is 14.7 Å². The molecule has 0 spiro atoms. The SMILES string of the molecule is CCCCC(NC(=O)Cc1csc2nccn12)C(=O)O. The maximum atomic E-state index is 12.0. The summed E-state index contributed by atoms with van der Waals surface area (Å²) in [6.07, 6.45) is 5.77. The number of unbranched alkanes of at least 4 members (excludes halogenated alkanes) is 1. The van der Waals surface area contributed by atoms with Crippen LogP contribution in [0.5, 0.6) is 0 Å². The molecule has 7 heteroatoms. The molecule has 1 atom stereocenters. The lowest BCUT2D eigenvalue weighted by Gasteiger charge is -2.13. The predicted molar refractivity (Wildman–Crippen MR) is 75.9 cm³/mol.